The number of nitro groups is 1. The normalized spacial score (nSPS) is 18.6. The molecular weight excluding hydrogens is 292 g/mol. The van der Waals surface area contributed by atoms with Crippen LogP contribution in [0.4, 0.5) is 5.69 Å². The molecule has 2 N–H and O–H groups in total. The van der Waals surface area contributed by atoms with Crippen LogP contribution in [0.15, 0.2) is 24.3 Å². The van der Waals surface area contributed by atoms with Gasteiger partial charge in [-0.15, -0.1) is 0 Å². The van der Waals surface area contributed by atoms with E-state index in [0.717, 1.165) is 0 Å². The predicted octanol–water partition coefficient (Wildman–Crippen LogP) is 0.743. The van der Waals surface area contributed by atoms with Crippen LogP contribution in [0, 0.1) is 16.0 Å². The Bertz CT molecular complexity index is 565. The van der Waals surface area contributed by atoms with Crippen LogP contribution < -0.4 is 5.32 Å². The van der Waals surface area contributed by atoms with Crippen LogP contribution in [-0.4, -0.2) is 41.2 Å². The maximum atomic E-state index is 12.0. The number of carbonyl (C=O) groups is 2. The number of hydrogen-bond acceptors (Lipinski definition) is 5. The zero-order valence-corrected chi connectivity index (χ0v) is 11.7. The molecule has 22 heavy (non-hydrogen) atoms. The second-order valence-electron chi connectivity index (χ2n) is 5.09. The number of nitro benzene ring substituents is 1. The first-order valence-electron chi connectivity index (χ1n) is 6.81. The third kappa shape index (κ3) is 4.01. The van der Waals surface area contributed by atoms with E-state index in [4.69, 9.17) is 4.74 Å². The lowest BCUT2D eigenvalue weighted by molar-refractivity contribution is -0.384. The number of carboxylic acid groups (broad SMARTS) is 1. The van der Waals surface area contributed by atoms with Crippen molar-refractivity contribution in [3.05, 3.63) is 39.9 Å². The number of amides is 1. The summed E-state index contributed by atoms with van der Waals surface area (Å²) in [7, 11) is 0. The number of ether oxygens (including phenoxy) is 1. The monoisotopic (exact) mass is 308 g/mol. The van der Waals surface area contributed by atoms with E-state index in [1.807, 2.05) is 0 Å². The van der Waals surface area contributed by atoms with Gasteiger partial charge in [0.1, 0.15) is 6.04 Å². The molecule has 0 unspecified atom stereocenters. The molecule has 2 atom stereocenters. The lowest BCUT2D eigenvalue weighted by Crippen LogP contribution is -2.45. The Labute approximate surface area is 126 Å². The summed E-state index contributed by atoms with van der Waals surface area (Å²) in [5.41, 5.74) is 0.531. The number of aliphatic carboxylic acids is 1. The fourth-order valence-corrected chi connectivity index (χ4v) is 2.22. The van der Waals surface area contributed by atoms with E-state index in [-0.39, 0.29) is 23.9 Å². The largest absolute Gasteiger partial charge is 0.480 e. The van der Waals surface area contributed by atoms with Crippen LogP contribution in [0.5, 0.6) is 0 Å². The summed E-state index contributed by atoms with van der Waals surface area (Å²) in [5, 5.41) is 22.3. The highest BCUT2D eigenvalue weighted by molar-refractivity contribution is 5.85. The van der Waals surface area contributed by atoms with Gasteiger partial charge in [0.2, 0.25) is 5.91 Å². The van der Waals surface area contributed by atoms with Gasteiger partial charge >= 0.3 is 5.97 Å². The van der Waals surface area contributed by atoms with Crippen LogP contribution in [0.25, 0.3) is 0 Å². The van der Waals surface area contributed by atoms with Gasteiger partial charge in [-0.2, -0.15) is 0 Å². The topological polar surface area (TPSA) is 119 Å². The molecule has 1 aromatic carbocycles. The zero-order valence-electron chi connectivity index (χ0n) is 11.7. The van der Waals surface area contributed by atoms with Gasteiger partial charge in [-0.3, -0.25) is 14.9 Å². The van der Waals surface area contributed by atoms with Crippen LogP contribution in [-0.2, 0) is 20.7 Å². The number of rotatable bonds is 6. The van der Waals surface area contributed by atoms with Crippen LogP contribution in [0.2, 0.25) is 0 Å². The van der Waals surface area contributed by atoms with Crippen molar-refractivity contribution in [1.29, 1.82) is 0 Å². The van der Waals surface area contributed by atoms with Gasteiger partial charge < -0.3 is 15.2 Å². The molecule has 1 heterocycles. The van der Waals surface area contributed by atoms with E-state index < -0.39 is 16.9 Å². The molecule has 118 valence electrons. The Morgan fingerprint density at radius 2 is 2.09 bits per heavy atom. The van der Waals surface area contributed by atoms with Crippen molar-refractivity contribution in [2.24, 2.45) is 5.92 Å². The van der Waals surface area contributed by atoms with Gasteiger partial charge in [-0.05, 0) is 12.0 Å². The molecule has 1 aromatic rings. The maximum Gasteiger partial charge on any atom is 0.326 e. The molecule has 0 bridgehead atoms. The highest BCUT2D eigenvalue weighted by atomic mass is 16.6. The van der Waals surface area contributed by atoms with E-state index >= 15 is 0 Å². The lowest BCUT2D eigenvalue weighted by Gasteiger charge is -2.16. The first-order chi connectivity index (χ1) is 10.5. The van der Waals surface area contributed by atoms with Crippen LogP contribution >= 0.6 is 0 Å². The van der Waals surface area contributed by atoms with E-state index in [9.17, 15) is 24.8 Å². The average molecular weight is 308 g/mol. The first-order valence-corrected chi connectivity index (χ1v) is 6.81. The van der Waals surface area contributed by atoms with E-state index in [0.29, 0.717) is 25.2 Å². The van der Waals surface area contributed by atoms with Gasteiger partial charge in [0.05, 0.1) is 17.4 Å². The van der Waals surface area contributed by atoms with Gasteiger partial charge in [0.15, 0.2) is 0 Å². The van der Waals surface area contributed by atoms with Crippen molar-refractivity contribution in [3.8, 4) is 0 Å². The Morgan fingerprint density at radius 3 is 2.59 bits per heavy atom. The number of carbonyl (C=O) groups excluding carboxylic acids is 1. The molecule has 0 saturated carbocycles. The average Bonchev–Trinajstić information content (AvgIpc) is 3.01. The Hall–Kier alpha value is -2.48. The molecule has 0 radical (unpaired) electrons. The molecule has 1 amide bonds. The molecule has 1 saturated heterocycles. The third-order valence-electron chi connectivity index (χ3n) is 3.50. The highest BCUT2D eigenvalue weighted by Gasteiger charge is 2.28. The molecule has 0 aliphatic carbocycles. The van der Waals surface area contributed by atoms with Crippen molar-refractivity contribution in [1.82, 2.24) is 5.32 Å². The minimum Gasteiger partial charge on any atom is -0.480 e. The zero-order chi connectivity index (χ0) is 16.1. The van der Waals surface area contributed by atoms with Crippen LogP contribution in [0.3, 0.4) is 0 Å². The number of benzene rings is 1. The minimum absolute atomic E-state index is 0.0621. The molecule has 8 heteroatoms. The SMILES string of the molecule is O=C(N[C@@H](Cc1ccc([N+](=O)[O-])cc1)C(=O)O)[C@H]1CCOC1. The third-order valence-corrected chi connectivity index (χ3v) is 3.50. The molecule has 8 nitrogen and oxygen atoms in total. The minimum atomic E-state index is -1.15. The molecule has 0 spiro atoms. The summed E-state index contributed by atoms with van der Waals surface area (Å²) >= 11 is 0. The van der Waals surface area contributed by atoms with Crippen molar-refractivity contribution in [2.45, 2.75) is 18.9 Å². The van der Waals surface area contributed by atoms with Crippen molar-refractivity contribution in [2.75, 3.05) is 13.2 Å². The fraction of sp³-hybridized carbons (Fsp3) is 0.429. The van der Waals surface area contributed by atoms with E-state index in [1.165, 1.54) is 24.3 Å². The standard InChI is InChI=1S/C14H16N2O6/c17-13(10-5-6-22-8-10)15-12(14(18)19)7-9-1-3-11(4-2-9)16(20)21/h1-4,10,12H,5-8H2,(H,15,17)(H,18,19)/t10-,12-/m0/s1. The summed E-state index contributed by atoms with van der Waals surface area (Å²) in [5.74, 6) is -1.81. The summed E-state index contributed by atoms with van der Waals surface area (Å²) in [6, 6.07) is 4.51. The summed E-state index contributed by atoms with van der Waals surface area (Å²) in [6.07, 6.45) is 0.641. The summed E-state index contributed by atoms with van der Waals surface area (Å²) < 4.78 is 5.10. The Morgan fingerprint density at radius 1 is 1.41 bits per heavy atom. The van der Waals surface area contributed by atoms with E-state index in [2.05, 4.69) is 5.32 Å². The van der Waals surface area contributed by atoms with Crippen LogP contribution in [0.1, 0.15) is 12.0 Å². The molecule has 1 aliphatic rings. The summed E-state index contributed by atoms with van der Waals surface area (Å²) in [6.45, 7) is 0.799. The second-order valence-corrected chi connectivity index (χ2v) is 5.09. The highest BCUT2D eigenvalue weighted by Crippen LogP contribution is 2.15. The van der Waals surface area contributed by atoms with Crippen molar-refractivity contribution < 1.29 is 24.4 Å². The van der Waals surface area contributed by atoms with Gasteiger partial charge in [0.25, 0.3) is 5.69 Å². The van der Waals surface area contributed by atoms with E-state index in [1.54, 1.807) is 0 Å². The first kappa shape index (κ1) is 15.9. The Kier molecular flexibility index (Phi) is 5.05. The fourth-order valence-electron chi connectivity index (χ4n) is 2.22. The molecule has 0 aromatic heterocycles. The number of carboxylic acids is 1. The quantitative estimate of drug-likeness (QED) is 0.591. The predicted molar refractivity (Wildman–Crippen MR) is 75.3 cm³/mol. The number of non-ortho nitro benzene ring substituents is 1. The molecular formula is C14H16N2O6. The molecule has 1 aliphatic heterocycles. The number of nitrogens with one attached hydrogen (secondary N) is 1. The lowest BCUT2D eigenvalue weighted by atomic mass is 10.0. The van der Waals surface area contributed by atoms with Gasteiger partial charge in [0, 0.05) is 25.2 Å². The smallest absolute Gasteiger partial charge is 0.326 e. The van der Waals surface area contributed by atoms with Gasteiger partial charge in [-0.25, -0.2) is 4.79 Å². The van der Waals surface area contributed by atoms with Crippen molar-refractivity contribution in [3.63, 3.8) is 0 Å². The number of hydrogen-bond donors (Lipinski definition) is 2. The molecule has 2 rings (SSSR count). The number of nitrogens with zero attached hydrogens (tertiary/aromatic N) is 1. The summed E-state index contributed by atoms with van der Waals surface area (Å²) in [4.78, 5) is 33.3. The molecule has 1 fully saturated rings. The Balaban J connectivity index is 2.00. The van der Waals surface area contributed by atoms with Crippen molar-refractivity contribution >= 4 is 17.6 Å². The van der Waals surface area contributed by atoms with Gasteiger partial charge in [-0.1, -0.05) is 12.1 Å². The maximum absolute atomic E-state index is 12.0. The second kappa shape index (κ2) is 6.99.